The van der Waals surface area contributed by atoms with Crippen LogP contribution in [0.25, 0.3) is 0 Å². The van der Waals surface area contributed by atoms with Gasteiger partial charge in [0.2, 0.25) is 0 Å². The van der Waals surface area contributed by atoms with E-state index in [9.17, 15) is 22.4 Å². The maximum atomic E-state index is 14.7. The molecule has 1 atom stereocenters. The fourth-order valence-electron chi connectivity index (χ4n) is 4.03. The van der Waals surface area contributed by atoms with Crippen LogP contribution >= 0.6 is 0 Å². The lowest BCUT2D eigenvalue weighted by Crippen LogP contribution is -2.72. The summed E-state index contributed by atoms with van der Waals surface area (Å²) in [5, 5.41) is 0. The number of rotatable bonds is 8. The van der Waals surface area contributed by atoms with Gasteiger partial charge in [0.1, 0.15) is 18.1 Å². The minimum absolute atomic E-state index is 0.246. The van der Waals surface area contributed by atoms with Gasteiger partial charge in [-0.2, -0.15) is 17.6 Å². The Morgan fingerprint density at radius 2 is 1.70 bits per heavy atom. The van der Waals surface area contributed by atoms with Gasteiger partial charge in [0, 0.05) is 18.4 Å². The van der Waals surface area contributed by atoms with Gasteiger partial charge in [-0.15, -0.1) is 0 Å². The Kier molecular flexibility index (Phi) is 5.95. The molecule has 1 saturated carbocycles. The van der Waals surface area contributed by atoms with Gasteiger partial charge in [-0.05, 0) is 36.2 Å². The van der Waals surface area contributed by atoms with Crippen molar-refractivity contribution in [2.24, 2.45) is 0 Å². The molecule has 1 aromatic heterocycles. The lowest BCUT2D eigenvalue weighted by molar-refractivity contribution is -0.323. The molecular formula is C25H22F4O4. The molecule has 174 valence electrons. The molecule has 0 amide bonds. The second-order valence-corrected chi connectivity index (χ2v) is 7.98. The average Bonchev–Trinajstić information content (AvgIpc) is 3.24. The number of ether oxygens (including phenoxy) is 2. The van der Waals surface area contributed by atoms with E-state index in [1.54, 1.807) is 13.0 Å². The van der Waals surface area contributed by atoms with Gasteiger partial charge in [0.15, 0.2) is 5.41 Å². The third kappa shape index (κ3) is 3.98. The molecule has 0 N–H and O–H groups in total. The largest absolute Gasteiger partial charge is 0.494 e. The van der Waals surface area contributed by atoms with Crippen molar-refractivity contribution in [3.63, 3.8) is 0 Å². The predicted molar refractivity (Wildman–Crippen MR) is 112 cm³/mol. The van der Waals surface area contributed by atoms with E-state index in [0.29, 0.717) is 30.1 Å². The van der Waals surface area contributed by atoms with Crippen molar-refractivity contribution in [2.45, 2.75) is 43.6 Å². The molecule has 4 nitrogen and oxygen atoms in total. The smallest absolute Gasteiger partial charge is 0.330 e. The highest BCUT2D eigenvalue weighted by Gasteiger charge is 2.84. The second-order valence-electron chi connectivity index (χ2n) is 7.98. The molecule has 1 aliphatic carbocycles. The van der Waals surface area contributed by atoms with Crippen molar-refractivity contribution in [1.82, 2.24) is 0 Å². The summed E-state index contributed by atoms with van der Waals surface area (Å²) >= 11 is 0. The van der Waals surface area contributed by atoms with Crippen LogP contribution < -0.4 is 4.74 Å². The molecule has 0 radical (unpaired) electrons. The van der Waals surface area contributed by atoms with E-state index in [1.807, 2.05) is 30.3 Å². The zero-order valence-electron chi connectivity index (χ0n) is 17.8. The minimum atomic E-state index is -4.60. The monoisotopic (exact) mass is 462 g/mol. The molecule has 1 heterocycles. The summed E-state index contributed by atoms with van der Waals surface area (Å²) in [5.74, 6) is -9.35. The molecule has 33 heavy (non-hydrogen) atoms. The van der Waals surface area contributed by atoms with Crippen LogP contribution in [-0.2, 0) is 28.0 Å². The van der Waals surface area contributed by atoms with E-state index < -0.39 is 29.7 Å². The van der Waals surface area contributed by atoms with Gasteiger partial charge in [0.05, 0.1) is 12.9 Å². The summed E-state index contributed by atoms with van der Waals surface area (Å²) in [6.07, 6.45) is 0.502. The van der Waals surface area contributed by atoms with Crippen LogP contribution in [0, 0.1) is 0 Å². The van der Waals surface area contributed by atoms with Crippen LogP contribution in [0.3, 0.4) is 0 Å². The first-order chi connectivity index (χ1) is 15.7. The summed E-state index contributed by atoms with van der Waals surface area (Å²) in [4.78, 5) is 12.8. The Bertz CT molecular complexity index is 1110. The van der Waals surface area contributed by atoms with E-state index in [2.05, 4.69) is 0 Å². The summed E-state index contributed by atoms with van der Waals surface area (Å²) in [7, 11) is 0. The van der Waals surface area contributed by atoms with Crippen molar-refractivity contribution in [3.8, 4) is 5.75 Å². The first-order valence-corrected chi connectivity index (χ1v) is 10.5. The Labute approximate surface area is 188 Å². The molecule has 0 bridgehead atoms. The number of carbonyl (C=O) groups is 1. The molecule has 1 fully saturated rings. The summed E-state index contributed by atoms with van der Waals surface area (Å²) < 4.78 is 72.9. The zero-order chi connectivity index (χ0) is 23.7. The molecule has 8 heteroatoms. The molecule has 0 saturated heterocycles. The van der Waals surface area contributed by atoms with Crippen LogP contribution in [0.5, 0.6) is 5.75 Å². The van der Waals surface area contributed by atoms with Gasteiger partial charge in [-0.1, -0.05) is 42.5 Å². The molecular weight excluding hydrogens is 440 g/mol. The number of esters is 1. The van der Waals surface area contributed by atoms with Crippen molar-refractivity contribution < 1.29 is 36.2 Å². The normalized spacial score (nSPS) is 20.6. The van der Waals surface area contributed by atoms with E-state index in [1.165, 1.54) is 30.5 Å². The van der Waals surface area contributed by atoms with Crippen molar-refractivity contribution in [3.05, 3.63) is 89.4 Å². The van der Waals surface area contributed by atoms with E-state index in [0.717, 1.165) is 5.56 Å². The summed E-state index contributed by atoms with van der Waals surface area (Å²) in [5.41, 5.74) is -1.59. The Balaban J connectivity index is 1.51. The van der Waals surface area contributed by atoms with Gasteiger partial charge in [-0.3, -0.25) is 4.79 Å². The van der Waals surface area contributed by atoms with Gasteiger partial charge in [-0.25, -0.2) is 0 Å². The lowest BCUT2D eigenvalue weighted by Gasteiger charge is -2.51. The van der Waals surface area contributed by atoms with Crippen molar-refractivity contribution in [1.29, 1.82) is 0 Å². The van der Waals surface area contributed by atoms with E-state index in [-0.39, 0.29) is 12.2 Å². The lowest BCUT2D eigenvalue weighted by atomic mass is 9.58. The number of benzene rings is 2. The number of halogens is 4. The molecule has 1 aliphatic rings. The number of alkyl halides is 4. The van der Waals surface area contributed by atoms with E-state index in [4.69, 9.17) is 13.9 Å². The summed E-state index contributed by atoms with van der Waals surface area (Å²) in [6, 6.07) is 16.3. The van der Waals surface area contributed by atoms with Crippen molar-refractivity contribution >= 4 is 5.97 Å². The number of hydrogen-bond acceptors (Lipinski definition) is 4. The summed E-state index contributed by atoms with van der Waals surface area (Å²) in [6.45, 7) is 1.71. The Morgan fingerprint density at radius 3 is 2.30 bits per heavy atom. The fourth-order valence-corrected chi connectivity index (χ4v) is 4.03. The van der Waals surface area contributed by atoms with Crippen LogP contribution in [0.4, 0.5) is 17.6 Å². The van der Waals surface area contributed by atoms with Crippen LogP contribution in [0.2, 0.25) is 0 Å². The Morgan fingerprint density at radius 1 is 1.00 bits per heavy atom. The highest BCUT2D eigenvalue weighted by atomic mass is 19.3. The van der Waals surface area contributed by atoms with Crippen LogP contribution in [0.15, 0.2) is 71.3 Å². The van der Waals surface area contributed by atoms with Gasteiger partial charge >= 0.3 is 17.8 Å². The van der Waals surface area contributed by atoms with Crippen LogP contribution in [0.1, 0.15) is 35.8 Å². The molecule has 2 aromatic carbocycles. The number of furan rings is 1. The fraction of sp³-hybridized carbons (Fsp3) is 0.320. The first kappa shape index (κ1) is 22.9. The van der Waals surface area contributed by atoms with Gasteiger partial charge < -0.3 is 13.9 Å². The first-order valence-electron chi connectivity index (χ1n) is 10.5. The highest BCUT2D eigenvalue weighted by Crippen LogP contribution is 2.64. The Hall–Kier alpha value is -3.29. The number of carbonyl (C=O) groups excluding carboxylic acids is 1. The number of hydrogen-bond donors (Lipinski definition) is 0. The zero-order valence-corrected chi connectivity index (χ0v) is 17.8. The molecule has 3 aromatic rings. The highest BCUT2D eigenvalue weighted by molar-refractivity contribution is 5.87. The standard InChI is InChI=1S/C25H22F4O4/c1-2-31-20-10-8-19(9-11-20)23(16-24(26,27)25(23,28)29)22(30)33-15-18-13-21(32-14-18)12-17-6-4-3-5-7-17/h3-11,13-14H,2,12,15-16H2,1H3. The van der Waals surface area contributed by atoms with Gasteiger partial charge in [0.25, 0.3) is 0 Å². The quantitative estimate of drug-likeness (QED) is 0.308. The topological polar surface area (TPSA) is 48.7 Å². The molecule has 1 unspecified atom stereocenters. The predicted octanol–water partition coefficient (Wildman–Crippen LogP) is 5.92. The third-order valence-electron chi connectivity index (χ3n) is 5.79. The average molecular weight is 462 g/mol. The van der Waals surface area contributed by atoms with Crippen LogP contribution in [-0.4, -0.2) is 24.4 Å². The molecule has 0 aliphatic heterocycles. The third-order valence-corrected chi connectivity index (χ3v) is 5.79. The SMILES string of the molecule is CCOc1ccc(C2(C(=O)OCc3coc(Cc4ccccc4)c3)CC(F)(F)C2(F)F)cc1. The second kappa shape index (κ2) is 8.57. The molecule has 0 spiro atoms. The maximum Gasteiger partial charge on any atom is 0.330 e. The van der Waals surface area contributed by atoms with Crippen molar-refractivity contribution in [2.75, 3.05) is 6.61 Å². The maximum absolute atomic E-state index is 14.7. The van der Waals surface area contributed by atoms with E-state index >= 15 is 0 Å². The minimum Gasteiger partial charge on any atom is -0.494 e. The molecule has 4 rings (SSSR count).